The Morgan fingerprint density at radius 2 is 1.74 bits per heavy atom. The van der Waals surface area contributed by atoms with E-state index in [1.165, 1.54) is 48.4 Å². The Kier molecular flexibility index (Phi) is 8.86. The maximum absolute atomic E-state index is 13.6. The van der Waals surface area contributed by atoms with Crippen molar-refractivity contribution < 1.29 is 19.0 Å². The van der Waals surface area contributed by atoms with Crippen LogP contribution in [0.5, 0.6) is 17.2 Å². The summed E-state index contributed by atoms with van der Waals surface area (Å²) in [7, 11) is 3.33. The van der Waals surface area contributed by atoms with Crippen molar-refractivity contribution in [3.63, 3.8) is 0 Å². The van der Waals surface area contributed by atoms with E-state index >= 15 is 0 Å². The van der Waals surface area contributed by atoms with Gasteiger partial charge < -0.3 is 24.0 Å². The first kappa shape index (κ1) is 26.6. The Balaban J connectivity index is 1.26. The van der Waals surface area contributed by atoms with Gasteiger partial charge in [-0.25, -0.2) is 0 Å². The zero-order valence-corrected chi connectivity index (χ0v) is 23.3. The lowest BCUT2D eigenvalue weighted by atomic mass is 9.92. The number of fused-ring (bicyclic) bond motifs is 1. The minimum atomic E-state index is 0.0509. The first-order valence-electron chi connectivity index (χ1n) is 13.7. The molecule has 0 radical (unpaired) electrons. The van der Waals surface area contributed by atoms with Crippen LogP contribution in [-0.4, -0.2) is 69.3 Å². The van der Waals surface area contributed by atoms with Gasteiger partial charge in [0.2, 0.25) is 0 Å². The summed E-state index contributed by atoms with van der Waals surface area (Å²) in [6.45, 7) is 5.49. The van der Waals surface area contributed by atoms with Gasteiger partial charge in [-0.3, -0.25) is 4.79 Å². The number of methoxy groups -OCH3 is 2. The van der Waals surface area contributed by atoms with Gasteiger partial charge in [-0.1, -0.05) is 12.5 Å². The molecule has 1 fully saturated rings. The second kappa shape index (κ2) is 12.7. The van der Waals surface area contributed by atoms with Crippen molar-refractivity contribution in [1.82, 2.24) is 9.80 Å². The molecule has 6 nitrogen and oxygen atoms in total. The number of likely N-dealkylation sites (tertiary alicyclic amines) is 1. The van der Waals surface area contributed by atoms with Gasteiger partial charge in [-0.05, 0) is 97.7 Å². The van der Waals surface area contributed by atoms with E-state index in [4.69, 9.17) is 14.2 Å². The van der Waals surface area contributed by atoms with Crippen molar-refractivity contribution in [1.29, 1.82) is 0 Å². The molecule has 0 bridgehead atoms. The highest BCUT2D eigenvalue weighted by molar-refractivity contribution is 7.10. The molecule has 2 aliphatic heterocycles. The normalized spacial score (nSPS) is 17.9. The number of benzene rings is 2. The number of rotatable bonds is 9. The van der Waals surface area contributed by atoms with Gasteiger partial charge in [0, 0.05) is 36.0 Å². The van der Waals surface area contributed by atoms with Crippen molar-refractivity contribution in [3.8, 4) is 17.2 Å². The number of ether oxygens (including phenoxy) is 3. The Morgan fingerprint density at radius 3 is 2.45 bits per heavy atom. The molecule has 1 atom stereocenters. The van der Waals surface area contributed by atoms with Crippen LogP contribution in [0.1, 0.15) is 58.0 Å². The molecule has 38 heavy (non-hydrogen) atoms. The van der Waals surface area contributed by atoms with Crippen molar-refractivity contribution >= 4 is 17.2 Å². The summed E-state index contributed by atoms with van der Waals surface area (Å²) < 4.78 is 17.2. The third kappa shape index (κ3) is 6.16. The standard InChI is InChI=1S/C31H38N2O4S/c1-35-28-20-24-13-17-33(22-27(30-8-6-19-38-30)26(24)21-29(28)36-2)31(34)23-9-11-25(12-10-23)37-18-7-16-32-14-4-3-5-15-32/h6,8-12,19-21,27H,3-5,7,13-18,22H2,1-2H3. The zero-order chi connectivity index (χ0) is 26.3. The van der Waals surface area contributed by atoms with Crippen LogP contribution in [-0.2, 0) is 6.42 Å². The topological polar surface area (TPSA) is 51.2 Å². The summed E-state index contributed by atoms with van der Waals surface area (Å²) in [5.74, 6) is 2.40. The van der Waals surface area contributed by atoms with E-state index in [1.807, 2.05) is 29.2 Å². The molecule has 3 heterocycles. The van der Waals surface area contributed by atoms with E-state index < -0.39 is 0 Å². The quantitative estimate of drug-likeness (QED) is 0.322. The van der Waals surface area contributed by atoms with E-state index in [0.29, 0.717) is 25.3 Å². The fourth-order valence-electron chi connectivity index (χ4n) is 5.60. The average molecular weight is 535 g/mol. The second-order valence-corrected chi connectivity index (χ2v) is 11.1. The summed E-state index contributed by atoms with van der Waals surface area (Å²) in [5, 5.41) is 2.10. The molecule has 5 rings (SSSR count). The lowest BCUT2D eigenvalue weighted by molar-refractivity contribution is 0.0757. The van der Waals surface area contributed by atoms with E-state index in [9.17, 15) is 4.79 Å². The smallest absolute Gasteiger partial charge is 0.253 e. The lowest BCUT2D eigenvalue weighted by Crippen LogP contribution is -2.34. The number of piperidine rings is 1. The number of thiophene rings is 1. The molecule has 7 heteroatoms. The Labute approximate surface area is 230 Å². The van der Waals surface area contributed by atoms with Gasteiger partial charge in [0.1, 0.15) is 5.75 Å². The minimum absolute atomic E-state index is 0.0509. The van der Waals surface area contributed by atoms with Crippen molar-refractivity contribution in [2.24, 2.45) is 0 Å². The Bertz CT molecular complexity index is 1190. The molecule has 0 saturated carbocycles. The summed E-state index contributed by atoms with van der Waals surface area (Å²) in [6.07, 6.45) is 5.78. The Hall–Kier alpha value is -3.03. The molecule has 0 N–H and O–H groups in total. The molecule has 0 spiro atoms. The van der Waals surface area contributed by atoms with Crippen LogP contribution in [0.3, 0.4) is 0 Å². The predicted octanol–water partition coefficient (Wildman–Crippen LogP) is 5.85. The van der Waals surface area contributed by atoms with E-state index in [1.54, 1.807) is 25.6 Å². The number of hydrogen-bond donors (Lipinski definition) is 0. The summed E-state index contributed by atoms with van der Waals surface area (Å²) >= 11 is 1.73. The minimum Gasteiger partial charge on any atom is -0.494 e. The van der Waals surface area contributed by atoms with E-state index in [-0.39, 0.29) is 11.8 Å². The molecular weight excluding hydrogens is 496 g/mol. The van der Waals surface area contributed by atoms with Gasteiger partial charge in [0.15, 0.2) is 11.5 Å². The average Bonchev–Trinajstić information content (AvgIpc) is 3.44. The molecule has 1 unspecified atom stereocenters. The van der Waals surface area contributed by atoms with Crippen molar-refractivity contribution in [3.05, 3.63) is 75.5 Å². The highest BCUT2D eigenvalue weighted by Crippen LogP contribution is 2.40. The summed E-state index contributed by atoms with van der Waals surface area (Å²) in [6, 6.07) is 16.0. The molecule has 2 aromatic carbocycles. The number of amides is 1. The number of carbonyl (C=O) groups is 1. The van der Waals surface area contributed by atoms with Gasteiger partial charge >= 0.3 is 0 Å². The molecular formula is C31H38N2O4S. The third-order valence-electron chi connectivity index (χ3n) is 7.69. The fourth-order valence-corrected chi connectivity index (χ4v) is 6.44. The highest BCUT2D eigenvalue weighted by atomic mass is 32.1. The first-order valence-corrected chi connectivity index (χ1v) is 14.6. The molecule has 202 valence electrons. The Morgan fingerprint density at radius 1 is 0.974 bits per heavy atom. The predicted molar refractivity (Wildman–Crippen MR) is 152 cm³/mol. The number of carbonyl (C=O) groups excluding carboxylic acids is 1. The van der Waals surface area contributed by atoms with Gasteiger partial charge in [-0.2, -0.15) is 0 Å². The van der Waals surface area contributed by atoms with Crippen LogP contribution < -0.4 is 14.2 Å². The van der Waals surface area contributed by atoms with Crippen LogP contribution in [0.15, 0.2) is 53.9 Å². The van der Waals surface area contributed by atoms with Crippen LogP contribution in [0, 0.1) is 0 Å². The zero-order valence-electron chi connectivity index (χ0n) is 22.5. The fraction of sp³-hybridized carbons (Fsp3) is 0.452. The first-order chi connectivity index (χ1) is 18.7. The maximum Gasteiger partial charge on any atom is 0.253 e. The van der Waals surface area contributed by atoms with E-state index in [2.05, 4.69) is 34.5 Å². The van der Waals surface area contributed by atoms with Crippen LogP contribution >= 0.6 is 11.3 Å². The monoisotopic (exact) mass is 534 g/mol. The van der Waals surface area contributed by atoms with E-state index in [0.717, 1.165) is 36.6 Å². The molecule has 1 amide bonds. The largest absolute Gasteiger partial charge is 0.494 e. The number of hydrogen-bond acceptors (Lipinski definition) is 6. The molecule has 3 aromatic rings. The van der Waals surface area contributed by atoms with Crippen LogP contribution in [0.25, 0.3) is 0 Å². The second-order valence-electron chi connectivity index (χ2n) is 10.1. The lowest BCUT2D eigenvalue weighted by Gasteiger charge is -2.26. The third-order valence-corrected chi connectivity index (χ3v) is 8.67. The molecule has 1 saturated heterocycles. The van der Waals surface area contributed by atoms with Gasteiger partial charge in [0.05, 0.1) is 20.8 Å². The molecule has 1 aromatic heterocycles. The maximum atomic E-state index is 13.6. The summed E-state index contributed by atoms with van der Waals surface area (Å²) in [5.41, 5.74) is 3.09. The van der Waals surface area contributed by atoms with Gasteiger partial charge in [0.25, 0.3) is 5.91 Å². The van der Waals surface area contributed by atoms with Crippen molar-refractivity contribution in [2.75, 3.05) is 53.6 Å². The molecule has 2 aliphatic rings. The van der Waals surface area contributed by atoms with Crippen LogP contribution in [0.4, 0.5) is 0 Å². The highest BCUT2D eigenvalue weighted by Gasteiger charge is 2.29. The number of nitrogens with zero attached hydrogens (tertiary/aromatic N) is 2. The van der Waals surface area contributed by atoms with Crippen LogP contribution in [0.2, 0.25) is 0 Å². The van der Waals surface area contributed by atoms with Gasteiger partial charge in [-0.15, -0.1) is 11.3 Å². The summed E-state index contributed by atoms with van der Waals surface area (Å²) in [4.78, 5) is 19.4. The van der Waals surface area contributed by atoms with Crippen molar-refractivity contribution in [2.45, 2.75) is 38.0 Å². The SMILES string of the molecule is COc1cc2c(cc1OC)C(c1cccs1)CN(C(=O)c1ccc(OCCCN3CCCCC3)cc1)CC2. The molecule has 0 aliphatic carbocycles.